The number of hydrogen-bond acceptors (Lipinski definition) is 7. The number of hydrogen-bond donors (Lipinski definition) is 0. The van der Waals surface area contributed by atoms with Gasteiger partial charge in [0.15, 0.2) is 5.17 Å². The van der Waals surface area contributed by atoms with Gasteiger partial charge in [-0.3, -0.25) is 19.9 Å². The number of methoxy groups -OCH3 is 1. The Morgan fingerprint density at radius 3 is 2.90 bits per heavy atom. The molecule has 0 fully saturated rings. The molecule has 1 aromatic rings. The molecule has 0 bridgehead atoms. The second-order valence-corrected chi connectivity index (χ2v) is 5.22. The van der Waals surface area contributed by atoms with Crippen LogP contribution in [-0.2, 0) is 22.6 Å². The molecule has 7 nitrogen and oxygen atoms in total. The lowest BCUT2D eigenvalue weighted by molar-refractivity contribution is -0.384. The lowest BCUT2D eigenvalue weighted by Gasteiger charge is -2.22. The van der Waals surface area contributed by atoms with E-state index in [1.807, 2.05) is 11.2 Å². The summed E-state index contributed by atoms with van der Waals surface area (Å²) in [5.74, 6) is -0.345. The highest BCUT2D eigenvalue weighted by atomic mass is 32.2. The van der Waals surface area contributed by atoms with Gasteiger partial charge in [0.1, 0.15) is 6.54 Å². The molecule has 1 heterocycles. The van der Waals surface area contributed by atoms with Gasteiger partial charge in [-0.2, -0.15) is 0 Å². The number of fused-ring (bicyclic) bond motifs is 1. The number of nitro groups is 1. The van der Waals surface area contributed by atoms with Gasteiger partial charge in [-0.1, -0.05) is 17.8 Å². The number of aliphatic imine (C=N–C) groups is 1. The summed E-state index contributed by atoms with van der Waals surface area (Å²) in [4.78, 5) is 28.1. The van der Waals surface area contributed by atoms with Crippen LogP contribution in [0.5, 0.6) is 0 Å². The second-order valence-electron chi connectivity index (χ2n) is 4.45. The van der Waals surface area contributed by atoms with E-state index in [4.69, 9.17) is 4.74 Å². The first kappa shape index (κ1) is 15.3. The monoisotopic (exact) mass is 309 g/mol. The quantitative estimate of drug-likeness (QED) is 0.481. The number of thioether (sulfide) groups is 1. The van der Waals surface area contributed by atoms with E-state index in [9.17, 15) is 14.9 Å². The summed E-state index contributed by atoms with van der Waals surface area (Å²) in [7, 11) is 1.34. The number of rotatable bonds is 3. The number of non-ortho nitro benzene ring substituents is 1. The Hall–Kier alpha value is -2.09. The largest absolute Gasteiger partial charge is 0.468 e. The number of carbonyl (C=O) groups excluding carboxylic acids is 1. The van der Waals surface area contributed by atoms with E-state index in [0.717, 1.165) is 16.3 Å². The van der Waals surface area contributed by atoms with Crippen LogP contribution in [0.4, 0.5) is 5.69 Å². The van der Waals surface area contributed by atoms with Crippen LogP contribution >= 0.6 is 11.8 Å². The summed E-state index contributed by atoms with van der Waals surface area (Å²) in [6.45, 7) is 0.944. The lowest BCUT2D eigenvalue weighted by atomic mass is 10.1. The predicted octanol–water partition coefficient (Wildman–Crippen LogP) is 1.80. The van der Waals surface area contributed by atoms with Crippen LogP contribution in [0.2, 0.25) is 0 Å². The van der Waals surface area contributed by atoms with Crippen molar-refractivity contribution < 1.29 is 14.5 Å². The molecule has 0 aliphatic carbocycles. The Morgan fingerprint density at radius 1 is 1.52 bits per heavy atom. The molecule has 1 aromatic carbocycles. The van der Waals surface area contributed by atoms with E-state index in [-0.39, 0.29) is 18.2 Å². The van der Waals surface area contributed by atoms with E-state index >= 15 is 0 Å². The molecule has 0 saturated heterocycles. The van der Waals surface area contributed by atoms with Crippen molar-refractivity contribution in [1.82, 2.24) is 4.90 Å². The molecule has 21 heavy (non-hydrogen) atoms. The molecule has 8 heteroatoms. The predicted molar refractivity (Wildman–Crippen MR) is 80.2 cm³/mol. The molecule has 0 amide bonds. The fourth-order valence-electron chi connectivity index (χ4n) is 2.09. The normalized spacial score (nSPS) is 14.0. The molecule has 1 aliphatic heterocycles. The second kappa shape index (κ2) is 6.57. The van der Waals surface area contributed by atoms with Gasteiger partial charge in [0, 0.05) is 18.7 Å². The van der Waals surface area contributed by atoms with Crippen molar-refractivity contribution in [2.24, 2.45) is 4.99 Å². The van der Waals surface area contributed by atoms with E-state index in [2.05, 4.69) is 4.99 Å². The number of nitrogens with zero attached hydrogens (tertiary/aromatic N) is 3. The Kier molecular flexibility index (Phi) is 4.79. The van der Waals surface area contributed by atoms with Crippen molar-refractivity contribution in [3.8, 4) is 0 Å². The first-order valence-electron chi connectivity index (χ1n) is 6.21. The third-order valence-electron chi connectivity index (χ3n) is 3.15. The average molecular weight is 309 g/mol. The van der Waals surface area contributed by atoms with Gasteiger partial charge in [-0.25, -0.2) is 0 Å². The minimum atomic E-state index is -0.420. The van der Waals surface area contributed by atoms with E-state index in [0.29, 0.717) is 13.1 Å². The number of ether oxygens (including phenoxy) is 1. The van der Waals surface area contributed by atoms with Crippen LogP contribution in [-0.4, -0.2) is 40.9 Å². The molecular weight excluding hydrogens is 294 g/mol. The number of amidine groups is 1. The maximum atomic E-state index is 11.5. The molecule has 112 valence electrons. The standard InChI is InChI=1S/C13H15N3O4S/c1-20-12(17)8-15-7-9-3-4-11(16(18)19)5-10(9)6-14-13(15)21-2/h3-5H,6-8H2,1-2H3. The van der Waals surface area contributed by atoms with Gasteiger partial charge in [0.25, 0.3) is 5.69 Å². The third-order valence-corrected chi connectivity index (χ3v) is 3.90. The molecule has 0 atom stereocenters. The first-order chi connectivity index (χ1) is 10.0. The van der Waals surface area contributed by atoms with Gasteiger partial charge in [-0.05, 0) is 17.4 Å². The topological polar surface area (TPSA) is 85.0 Å². The van der Waals surface area contributed by atoms with Crippen molar-refractivity contribution in [2.75, 3.05) is 19.9 Å². The summed E-state index contributed by atoms with van der Waals surface area (Å²) in [6, 6.07) is 4.73. The summed E-state index contributed by atoms with van der Waals surface area (Å²) in [5, 5.41) is 11.6. The molecule has 0 spiro atoms. The van der Waals surface area contributed by atoms with E-state index in [1.54, 1.807) is 12.1 Å². The fourth-order valence-corrected chi connectivity index (χ4v) is 2.67. The van der Waals surface area contributed by atoms with Crippen LogP contribution in [0.25, 0.3) is 0 Å². The van der Waals surface area contributed by atoms with Crippen LogP contribution in [0.3, 0.4) is 0 Å². The molecule has 0 saturated carbocycles. The van der Waals surface area contributed by atoms with Gasteiger partial charge in [0.05, 0.1) is 18.6 Å². The number of benzene rings is 1. The van der Waals surface area contributed by atoms with E-state index < -0.39 is 4.92 Å². The van der Waals surface area contributed by atoms with Gasteiger partial charge < -0.3 is 9.64 Å². The zero-order valence-electron chi connectivity index (χ0n) is 11.7. The molecule has 0 N–H and O–H groups in total. The van der Waals surface area contributed by atoms with Gasteiger partial charge in [-0.15, -0.1) is 0 Å². The van der Waals surface area contributed by atoms with Gasteiger partial charge in [0.2, 0.25) is 0 Å². The zero-order valence-corrected chi connectivity index (χ0v) is 12.6. The van der Waals surface area contributed by atoms with Crippen molar-refractivity contribution in [1.29, 1.82) is 0 Å². The zero-order chi connectivity index (χ0) is 15.4. The Bertz CT molecular complexity index is 603. The summed E-state index contributed by atoms with van der Waals surface area (Å²) >= 11 is 1.44. The molecule has 1 aliphatic rings. The highest BCUT2D eigenvalue weighted by Crippen LogP contribution is 2.24. The molecule has 0 unspecified atom stereocenters. The number of esters is 1. The summed E-state index contributed by atoms with van der Waals surface area (Å²) in [6.07, 6.45) is 1.88. The Balaban J connectivity index is 2.31. The molecule has 2 rings (SSSR count). The SMILES string of the molecule is COC(=O)CN1Cc2ccc([N+](=O)[O-])cc2CN=C1SC. The van der Waals surface area contributed by atoms with Crippen molar-refractivity contribution in [3.05, 3.63) is 39.4 Å². The summed E-state index contributed by atoms with van der Waals surface area (Å²) in [5.41, 5.74) is 1.79. The minimum absolute atomic E-state index is 0.0519. The Morgan fingerprint density at radius 2 is 2.29 bits per heavy atom. The van der Waals surface area contributed by atoms with Gasteiger partial charge >= 0.3 is 5.97 Å². The van der Waals surface area contributed by atoms with Crippen molar-refractivity contribution in [2.45, 2.75) is 13.1 Å². The summed E-state index contributed by atoms with van der Waals surface area (Å²) < 4.78 is 4.69. The van der Waals surface area contributed by atoms with E-state index in [1.165, 1.54) is 24.9 Å². The van der Waals surface area contributed by atoms with Crippen LogP contribution < -0.4 is 0 Å². The van der Waals surface area contributed by atoms with Crippen LogP contribution in [0.15, 0.2) is 23.2 Å². The molecule has 0 radical (unpaired) electrons. The van der Waals surface area contributed by atoms with Crippen molar-refractivity contribution >= 4 is 28.6 Å². The smallest absolute Gasteiger partial charge is 0.325 e. The molecule has 0 aromatic heterocycles. The highest BCUT2D eigenvalue weighted by Gasteiger charge is 2.21. The minimum Gasteiger partial charge on any atom is -0.468 e. The maximum Gasteiger partial charge on any atom is 0.325 e. The first-order valence-corrected chi connectivity index (χ1v) is 7.44. The lowest BCUT2D eigenvalue weighted by Crippen LogP contribution is -2.33. The van der Waals surface area contributed by atoms with Crippen LogP contribution in [0, 0.1) is 10.1 Å². The average Bonchev–Trinajstić information content (AvgIpc) is 2.64. The maximum absolute atomic E-state index is 11.5. The van der Waals surface area contributed by atoms with Crippen LogP contribution in [0.1, 0.15) is 11.1 Å². The van der Waals surface area contributed by atoms with Crippen molar-refractivity contribution in [3.63, 3.8) is 0 Å². The Labute approximate surface area is 126 Å². The molecular formula is C13H15N3O4S. The number of nitro benzene ring substituents is 1. The number of carbonyl (C=O) groups is 1. The fraction of sp³-hybridized carbons (Fsp3) is 0.385. The third kappa shape index (κ3) is 3.52. The highest BCUT2D eigenvalue weighted by molar-refractivity contribution is 8.13.